The summed E-state index contributed by atoms with van der Waals surface area (Å²) in [4.78, 5) is 37.0. The van der Waals surface area contributed by atoms with Crippen LogP contribution >= 0.6 is 11.3 Å². The minimum absolute atomic E-state index is 0.196. The SMILES string of the molecule is CC(NC(=O)COC(=O)c1cccc(NC(=O)c2cccs2)c1)c1ccccc1. The highest BCUT2D eigenvalue weighted by Crippen LogP contribution is 2.16. The fourth-order valence-corrected chi connectivity index (χ4v) is 3.27. The van der Waals surface area contributed by atoms with Crippen molar-refractivity contribution >= 4 is 34.8 Å². The van der Waals surface area contributed by atoms with Gasteiger partial charge in [-0.15, -0.1) is 11.3 Å². The number of hydrogen-bond acceptors (Lipinski definition) is 5. The maximum absolute atomic E-state index is 12.3. The molecular weight excluding hydrogens is 388 g/mol. The van der Waals surface area contributed by atoms with Crippen LogP contribution < -0.4 is 10.6 Å². The lowest BCUT2D eigenvalue weighted by atomic mass is 10.1. The van der Waals surface area contributed by atoms with E-state index in [1.807, 2.05) is 42.6 Å². The number of carbonyl (C=O) groups excluding carboxylic acids is 3. The minimum Gasteiger partial charge on any atom is -0.452 e. The van der Waals surface area contributed by atoms with E-state index in [9.17, 15) is 14.4 Å². The van der Waals surface area contributed by atoms with Crippen molar-refractivity contribution in [3.05, 3.63) is 88.1 Å². The molecule has 7 heteroatoms. The Kier molecular flexibility index (Phi) is 6.76. The van der Waals surface area contributed by atoms with Gasteiger partial charge in [-0.25, -0.2) is 4.79 Å². The van der Waals surface area contributed by atoms with Crippen molar-refractivity contribution in [3.8, 4) is 0 Å². The number of carbonyl (C=O) groups is 3. The van der Waals surface area contributed by atoms with Gasteiger partial charge < -0.3 is 15.4 Å². The first-order chi connectivity index (χ1) is 14.0. The Morgan fingerprint density at radius 3 is 2.52 bits per heavy atom. The Balaban J connectivity index is 1.52. The van der Waals surface area contributed by atoms with Crippen molar-refractivity contribution < 1.29 is 19.1 Å². The Morgan fingerprint density at radius 1 is 1.00 bits per heavy atom. The van der Waals surface area contributed by atoms with Gasteiger partial charge in [0.2, 0.25) is 0 Å². The average Bonchev–Trinajstić information content (AvgIpc) is 3.28. The molecule has 0 aliphatic carbocycles. The lowest BCUT2D eigenvalue weighted by Crippen LogP contribution is -2.31. The van der Waals surface area contributed by atoms with Gasteiger partial charge in [-0.1, -0.05) is 42.5 Å². The van der Waals surface area contributed by atoms with Crippen LogP contribution in [-0.2, 0) is 9.53 Å². The van der Waals surface area contributed by atoms with Crippen molar-refractivity contribution in [3.63, 3.8) is 0 Å². The number of hydrogen-bond donors (Lipinski definition) is 2. The monoisotopic (exact) mass is 408 g/mol. The van der Waals surface area contributed by atoms with Crippen LogP contribution in [-0.4, -0.2) is 24.4 Å². The summed E-state index contributed by atoms with van der Waals surface area (Å²) in [5, 5.41) is 7.33. The van der Waals surface area contributed by atoms with Crippen LogP contribution in [0.5, 0.6) is 0 Å². The lowest BCUT2D eigenvalue weighted by molar-refractivity contribution is -0.124. The molecule has 0 fully saturated rings. The highest BCUT2D eigenvalue weighted by Gasteiger charge is 2.14. The van der Waals surface area contributed by atoms with Gasteiger partial charge >= 0.3 is 5.97 Å². The quantitative estimate of drug-likeness (QED) is 0.578. The molecule has 1 atom stereocenters. The van der Waals surface area contributed by atoms with E-state index in [4.69, 9.17) is 4.74 Å². The molecule has 3 aromatic rings. The third-order valence-corrected chi connectivity index (χ3v) is 4.98. The molecule has 2 amide bonds. The molecule has 0 spiro atoms. The molecule has 0 saturated carbocycles. The molecule has 1 heterocycles. The summed E-state index contributed by atoms with van der Waals surface area (Å²) in [5.74, 6) is -1.28. The standard InChI is InChI=1S/C22H20N2O4S/c1-15(16-7-3-2-4-8-16)23-20(25)14-28-22(27)17-9-5-10-18(13-17)24-21(26)19-11-6-12-29-19/h2-13,15H,14H2,1H3,(H,23,25)(H,24,26). The van der Waals surface area contributed by atoms with Crippen LogP contribution in [0.25, 0.3) is 0 Å². The molecule has 0 aliphatic rings. The van der Waals surface area contributed by atoms with E-state index >= 15 is 0 Å². The van der Waals surface area contributed by atoms with Gasteiger partial charge in [0.1, 0.15) is 0 Å². The summed E-state index contributed by atoms with van der Waals surface area (Å²) in [6.45, 7) is 1.47. The summed E-state index contributed by atoms with van der Waals surface area (Å²) in [5.41, 5.74) is 1.68. The number of ether oxygens (including phenoxy) is 1. The van der Waals surface area contributed by atoms with Crippen molar-refractivity contribution in [2.75, 3.05) is 11.9 Å². The summed E-state index contributed by atoms with van der Waals surface area (Å²) in [7, 11) is 0. The smallest absolute Gasteiger partial charge is 0.338 e. The van der Waals surface area contributed by atoms with E-state index < -0.39 is 11.9 Å². The zero-order valence-electron chi connectivity index (χ0n) is 15.8. The zero-order valence-corrected chi connectivity index (χ0v) is 16.6. The van der Waals surface area contributed by atoms with E-state index in [0.717, 1.165) is 5.56 Å². The van der Waals surface area contributed by atoms with Crippen LogP contribution in [0.3, 0.4) is 0 Å². The number of amides is 2. The fraction of sp³-hybridized carbons (Fsp3) is 0.136. The molecule has 0 bridgehead atoms. The largest absolute Gasteiger partial charge is 0.452 e. The lowest BCUT2D eigenvalue weighted by Gasteiger charge is -2.14. The van der Waals surface area contributed by atoms with Gasteiger partial charge in [-0.05, 0) is 42.1 Å². The molecule has 148 valence electrons. The van der Waals surface area contributed by atoms with E-state index in [2.05, 4.69) is 10.6 Å². The minimum atomic E-state index is -0.639. The molecule has 2 aromatic carbocycles. The molecule has 6 nitrogen and oxygen atoms in total. The topological polar surface area (TPSA) is 84.5 Å². The van der Waals surface area contributed by atoms with E-state index in [1.165, 1.54) is 17.4 Å². The zero-order chi connectivity index (χ0) is 20.6. The van der Waals surface area contributed by atoms with Crippen LogP contribution in [0.2, 0.25) is 0 Å². The number of nitrogens with one attached hydrogen (secondary N) is 2. The molecule has 0 radical (unpaired) electrons. The maximum Gasteiger partial charge on any atom is 0.338 e. The van der Waals surface area contributed by atoms with Gasteiger partial charge in [0.25, 0.3) is 11.8 Å². The van der Waals surface area contributed by atoms with Crippen molar-refractivity contribution in [2.45, 2.75) is 13.0 Å². The molecule has 1 unspecified atom stereocenters. The molecule has 29 heavy (non-hydrogen) atoms. The molecular formula is C22H20N2O4S. The molecule has 1 aromatic heterocycles. The van der Waals surface area contributed by atoms with E-state index in [-0.39, 0.29) is 24.1 Å². The number of rotatable bonds is 7. The molecule has 3 rings (SSSR count). The van der Waals surface area contributed by atoms with Crippen molar-refractivity contribution in [1.29, 1.82) is 0 Å². The maximum atomic E-state index is 12.3. The van der Waals surface area contributed by atoms with Crippen LogP contribution in [0.4, 0.5) is 5.69 Å². The number of benzene rings is 2. The van der Waals surface area contributed by atoms with Gasteiger partial charge in [0.15, 0.2) is 6.61 Å². The summed E-state index contributed by atoms with van der Waals surface area (Å²) in [6, 6.07) is 19.2. The second-order valence-electron chi connectivity index (χ2n) is 6.29. The van der Waals surface area contributed by atoms with Gasteiger partial charge in [0.05, 0.1) is 16.5 Å². The third kappa shape index (κ3) is 5.76. The summed E-state index contributed by atoms with van der Waals surface area (Å²) in [6.07, 6.45) is 0. The van der Waals surface area contributed by atoms with Crippen LogP contribution in [0, 0.1) is 0 Å². The Bertz CT molecular complexity index is 987. The second-order valence-corrected chi connectivity index (χ2v) is 7.24. The third-order valence-electron chi connectivity index (χ3n) is 4.11. The Labute approximate surface area is 172 Å². The van der Waals surface area contributed by atoms with Crippen LogP contribution in [0.1, 0.15) is 38.6 Å². The summed E-state index contributed by atoms with van der Waals surface area (Å²) >= 11 is 1.33. The number of thiophene rings is 1. The molecule has 0 saturated heterocycles. The van der Waals surface area contributed by atoms with E-state index in [0.29, 0.717) is 10.6 Å². The second kappa shape index (κ2) is 9.66. The Morgan fingerprint density at radius 2 is 1.79 bits per heavy atom. The Hall–Kier alpha value is -3.45. The highest BCUT2D eigenvalue weighted by atomic mass is 32.1. The first-order valence-corrected chi connectivity index (χ1v) is 9.87. The average molecular weight is 408 g/mol. The first kappa shape index (κ1) is 20.3. The molecule has 0 aliphatic heterocycles. The normalized spacial score (nSPS) is 11.3. The van der Waals surface area contributed by atoms with E-state index in [1.54, 1.807) is 30.3 Å². The highest BCUT2D eigenvalue weighted by molar-refractivity contribution is 7.12. The van der Waals surface area contributed by atoms with Crippen LogP contribution in [0.15, 0.2) is 72.1 Å². The van der Waals surface area contributed by atoms with Crippen molar-refractivity contribution in [1.82, 2.24) is 5.32 Å². The molecule has 2 N–H and O–H groups in total. The fourth-order valence-electron chi connectivity index (χ4n) is 2.65. The van der Waals surface area contributed by atoms with Gasteiger partial charge in [-0.3, -0.25) is 9.59 Å². The van der Waals surface area contributed by atoms with Gasteiger partial charge in [0, 0.05) is 5.69 Å². The summed E-state index contributed by atoms with van der Waals surface area (Å²) < 4.78 is 5.10. The number of esters is 1. The predicted molar refractivity (Wildman–Crippen MR) is 112 cm³/mol. The van der Waals surface area contributed by atoms with Gasteiger partial charge in [-0.2, -0.15) is 0 Å². The number of anilines is 1. The first-order valence-electron chi connectivity index (χ1n) is 8.99. The van der Waals surface area contributed by atoms with Crippen molar-refractivity contribution in [2.24, 2.45) is 0 Å². The predicted octanol–water partition coefficient (Wildman–Crippen LogP) is 4.03.